The van der Waals surface area contributed by atoms with Crippen molar-refractivity contribution in [3.8, 4) is 17.1 Å². The topological polar surface area (TPSA) is 35.0 Å². The second-order valence-corrected chi connectivity index (χ2v) is 9.72. The van der Waals surface area contributed by atoms with Crippen LogP contribution in [0.15, 0.2) is 30.6 Å². The number of unbranched alkanes of at least 4 members (excludes halogenated alkanes) is 11. The molecule has 0 aliphatic carbocycles. The zero-order valence-corrected chi connectivity index (χ0v) is 22.0. The lowest BCUT2D eigenvalue weighted by Crippen LogP contribution is -2.08. The number of benzene rings is 1. The molecule has 5 heteroatoms. The summed E-state index contributed by atoms with van der Waals surface area (Å²) >= 11 is 0. The van der Waals surface area contributed by atoms with Crippen molar-refractivity contribution in [1.29, 1.82) is 0 Å². The molecule has 1 heterocycles. The molecular formula is C30H46F2N2O. The number of aryl methyl sites for hydroxylation is 1. The summed E-state index contributed by atoms with van der Waals surface area (Å²) in [5.41, 5.74) is 1.73. The Balaban J connectivity index is 1.69. The second kappa shape index (κ2) is 18.3. The summed E-state index contributed by atoms with van der Waals surface area (Å²) in [6.45, 7) is 4.61. The van der Waals surface area contributed by atoms with Crippen molar-refractivity contribution < 1.29 is 13.5 Å². The third-order valence-corrected chi connectivity index (χ3v) is 6.52. The van der Waals surface area contributed by atoms with E-state index in [0.717, 1.165) is 31.2 Å². The van der Waals surface area contributed by atoms with Crippen LogP contribution in [0.5, 0.6) is 5.75 Å². The summed E-state index contributed by atoms with van der Waals surface area (Å²) in [5.74, 6) is 0.183. The van der Waals surface area contributed by atoms with Gasteiger partial charge in [-0.25, -0.2) is 18.7 Å². The van der Waals surface area contributed by atoms with E-state index in [0.29, 0.717) is 24.2 Å². The van der Waals surface area contributed by atoms with E-state index in [2.05, 4.69) is 23.8 Å². The Morgan fingerprint density at radius 2 is 1.37 bits per heavy atom. The molecule has 35 heavy (non-hydrogen) atoms. The molecule has 1 unspecified atom stereocenters. The van der Waals surface area contributed by atoms with E-state index in [1.807, 2.05) is 12.4 Å². The maximum absolute atomic E-state index is 14.5. The van der Waals surface area contributed by atoms with Gasteiger partial charge in [-0.15, -0.1) is 0 Å². The van der Waals surface area contributed by atoms with E-state index < -0.39 is 12.0 Å². The molecule has 1 aromatic carbocycles. The smallest absolute Gasteiger partial charge is 0.165 e. The summed E-state index contributed by atoms with van der Waals surface area (Å²) in [7, 11) is 0. The first-order valence-electron chi connectivity index (χ1n) is 14.0. The van der Waals surface area contributed by atoms with Crippen LogP contribution in [0.25, 0.3) is 11.4 Å². The van der Waals surface area contributed by atoms with E-state index >= 15 is 0 Å². The second-order valence-electron chi connectivity index (χ2n) is 9.72. The molecule has 0 saturated heterocycles. The molecule has 196 valence electrons. The van der Waals surface area contributed by atoms with E-state index in [4.69, 9.17) is 4.74 Å². The molecule has 0 aliphatic rings. The lowest BCUT2D eigenvalue weighted by Gasteiger charge is -2.11. The number of hydrogen-bond acceptors (Lipinski definition) is 3. The number of rotatable bonds is 20. The average molecular weight is 489 g/mol. The lowest BCUT2D eigenvalue weighted by molar-refractivity contribution is 0.217. The monoisotopic (exact) mass is 488 g/mol. The fraction of sp³-hybridized carbons (Fsp3) is 0.667. The van der Waals surface area contributed by atoms with Crippen molar-refractivity contribution >= 4 is 0 Å². The molecule has 1 atom stereocenters. The van der Waals surface area contributed by atoms with Crippen molar-refractivity contribution in [1.82, 2.24) is 9.97 Å². The molecule has 0 spiro atoms. The molecule has 0 fully saturated rings. The van der Waals surface area contributed by atoms with E-state index in [-0.39, 0.29) is 12.4 Å². The highest BCUT2D eigenvalue weighted by Gasteiger charge is 2.11. The summed E-state index contributed by atoms with van der Waals surface area (Å²) < 4.78 is 34.1. The molecule has 1 aromatic heterocycles. The predicted octanol–water partition coefficient (Wildman–Crippen LogP) is 9.43. The maximum atomic E-state index is 14.5. The number of hydrogen-bond donors (Lipinski definition) is 0. The largest absolute Gasteiger partial charge is 0.490 e. The van der Waals surface area contributed by atoms with E-state index in [9.17, 15) is 8.78 Å². The van der Waals surface area contributed by atoms with Crippen LogP contribution >= 0.6 is 0 Å². The Morgan fingerprint density at radius 1 is 0.771 bits per heavy atom. The number of halogens is 2. The van der Waals surface area contributed by atoms with Gasteiger partial charge in [0.2, 0.25) is 0 Å². The SMILES string of the molecule is CCCCCCCCCc1cnc(-c2ccc(OCCC(F)CCCCCCCC)c(F)c2)nc1. The molecule has 3 nitrogen and oxygen atoms in total. The summed E-state index contributed by atoms with van der Waals surface area (Å²) in [5, 5.41) is 0. The van der Waals surface area contributed by atoms with Gasteiger partial charge < -0.3 is 4.74 Å². The molecule has 0 bridgehead atoms. The minimum atomic E-state index is -0.892. The van der Waals surface area contributed by atoms with Gasteiger partial charge in [-0.3, -0.25) is 0 Å². The van der Waals surface area contributed by atoms with Gasteiger partial charge in [0.15, 0.2) is 17.4 Å². The van der Waals surface area contributed by atoms with Gasteiger partial charge in [0.05, 0.1) is 6.61 Å². The van der Waals surface area contributed by atoms with Crippen LogP contribution in [0.3, 0.4) is 0 Å². The third-order valence-electron chi connectivity index (χ3n) is 6.52. The number of aromatic nitrogens is 2. The predicted molar refractivity (Wildman–Crippen MR) is 142 cm³/mol. The molecule has 0 saturated carbocycles. The summed E-state index contributed by atoms with van der Waals surface area (Å²) in [4.78, 5) is 8.86. The van der Waals surface area contributed by atoms with Crippen molar-refractivity contribution in [2.24, 2.45) is 0 Å². The summed E-state index contributed by atoms with van der Waals surface area (Å²) in [6.07, 6.45) is 20.4. The quantitative estimate of drug-likeness (QED) is 0.174. The van der Waals surface area contributed by atoms with Crippen molar-refractivity contribution in [3.05, 3.63) is 42.0 Å². The zero-order valence-electron chi connectivity index (χ0n) is 22.0. The molecule has 0 amide bonds. The zero-order chi connectivity index (χ0) is 25.1. The molecule has 2 rings (SSSR count). The Labute approximate surface area is 212 Å². The van der Waals surface area contributed by atoms with Crippen LogP contribution in [-0.4, -0.2) is 22.7 Å². The van der Waals surface area contributed by atoms with Crippen LogP contribution in [0.4, 0.5) is 8.78 Å². The highest BCUT2D eigenvalue weighted by Crippen LogP contribution is 2.24. The first kappa shape index (κ1) is 29.2. The lowest BCUT2D eigenvalue weighted by atomic mass is 10.1. The minimum absolute atomic E-state index is 0.149. The van der Waals surface area contributed by atoms with E-state index in [1.54, 1.807) is 12.1 Å². The normalized spacial score (nSPS) is 12.1. The van der Waals surface area contributed by atoms with Gasteiger partial charge in [-0.1, -0.05) is 90.9 Å². The number of nitrogens with zero attached hydrogens (tertiary/aromatic N) is 2. The maximum Gasteiger partial charge on any atom is 0.165 e. The fourth-order valence-electron chi connectivity index (χ4n) is 4.26. The number of alkyl halides is 1. The van der Waals surface area contributed by atoms with Gasteiger partial charge in [0, 0.05) is 24.4 Å². The van der Waals surface area contributed by atoms with Gasteiger partial charge in [-0.2, -0.15) is 0 Å². The van der Waals surface area contributed by atoms with Crippen molar-refractivity contribution in [2.75, 3.05) is 6.61 Å². The fourth-order valence-corrected chi connectivity index (χ4v) is 4.26. The van der Waals surface area contributed by atoms with Crippen molar-refractivity contribution in [3.63, 3.8) is 0 Å². The highest BCUT2D eigenvalue weighted by molar-refractivity contribution is 5.56. The first-order chi connectivity index (χ1) is 17.1. The molecule has 0 N–H and O–H groups in total. The Bertz CT molecular complexity index is 797. The highest BCUT2D eigenvalue weighted by atomic mass is 19.1. The van der Waals surface area contributed by atoms with Crippen LogP contribution in [0.2, 0.25) is 0 Å². The average Bonchev–Trinajstić information content (AvgIpc) is 2.87. The van der Waals surface area contributed by atoms with E-state index in [1.165, 1.54) is 70.3 Å². The van der Waals surface area contributed by atoms with Crippen LogP contribution in [0.1, 0.15) is 116 Å². The molecular weight excluding hydrogens is 442 g/mol. The van der Waals surface area contributed by atoms with Crippen LogP contribution in [0, 0.1) is 5.82 Å². The van der Waals surface area contributed by atoms with Crippen LogP contribution < -0.4 is 4.74 Å². The first-order valence-corrected chi connectivity index (χ1v) is 14.0. The third kappa shape index (κ3) is 12.5. The van der Waals surface area contributed by atoms with Crippen molar-refractivity contribution in [2.45, 2.75) is 123 Å². The van der Waals surface area contributed by atoms with Gasteiger partial charge in [0.25, 0.3) is 0 Å². The van der Waals surface area contributed by atoms with Gasteiger partial charge >= 0.3 is 0 Å². The Morgan fingerprint density at radius 3 is 2.00 bits per heavy atom. The Kier molecular flexibility index (Phi) is 15.2. The molecule has 0 aliphatic heterocycles. The van der Waals surface area contributed by atoms with Gasteiger partial charge in [0.1, 0.15) is 6.17 Å². The van der Waals surface area contributed by atoms with Crippen LogP contribution in [-0.2, 0) is 6.42 Å². The van der Waals surface area contributed by atoms with Gasteiger partial charge in [-0.05, 0) is 43.0 Å². The molecule has 0 radical (unpaired) electrons. The summed E-state index contributed by atoms with van der Waals surface area (Å²) in [6, 6.07) is 4.73. The number of ether oxygens (including phenoxy) is 1. The Hall–Kier alpha value is -2.04. The molecule has 2 aromatic rings. The standard InChI is InChI=1S/C30H46F2N2O/c1-3-5-7-9-11-12-14-16-25-23-33-30(34-24-25)26-18-19-29(28(32)22-26)35-21-20-27(31)17-15-13-10-8-6-4-2/h18-19,22-24,27H,3-17,20-21H2,1-2H3. The minimum Gasteiger partial charge on any atom is -0.490 e.